The average Bonchev–Trinajstić information content (AvgIpc) is 2.48. The molecule has 2 aromatic rings. The van der Waals surface area contributed by atoms with Crippen LogP contribution in [0.4, 0.5) is 0 Å². The molecule has 20 heavy (non-hydrogen) atoms. The first-order chi connectivity index (χ1) is 9.72. The van der Waals surface area contributed by atoms with E-state index in [2.05, 4.69) is 15.9 Å². The zero-order valence-corrected chi connectivity index (χ0v) is 13.3. The summed E-state index contributed by atoms with van der Waals surface area (Å²) in [7, 11) is -1.08. The van der Waals surface area contributed by atoms with Crippen LogP contribution in [0.15, 0.2) is 57.9 Å². The van der Waals surface area contributed by atoms with Gasteiger partial charge in [0, 0.05) is 16.6 Å². The highest BCUT2D eigenvalue weighted by molar-refractivity contribution is 9.10. The molecule has 0 saturated carbocycles. The van der Waals surface area contributed by atoms with Crippen LogP contribution < -0.4 is 10.5 Å². The second-order valence-electron chi connectivity index (χ2n) is 4.14. The minimum Gasteiger partial charge on any atom is -0.492 e. The highest BCUT2D eigenvalue weighted by atomic mass is 79.9. The highest BCUT2D eigenvalue weighted by Crippen LogP contribution is 2.20. The maximum atomic E-state index is 12.2. The zero-order chi connectivity index (χ0) is 14.4. The molecular formula is C15H16BrNO2S. The van der Waals surface area contributed by atoms with Crippen molar-refractivity contribution < 1.29 is 8.95 Å². The molecule has 2 aromatic carbocycles. The molecule has 0 fully saturated rings. The fourth-order valence-corrected chi connectivity index (χ4v) is 3.58. The largest absolute Gasteiger partial charge is 0.492 e. The van der Waals surface area contributed by atoms with E-state index in [0.717, 1.165) is 20.7 Å². The van der Waals surface area contributed by atoms with E-state index in [1.165, 1.54) is 0 Å². The Balaban J connectivity index is 1.93. The lowest BCUT2D eigenvalue weighted by molar-refractivity contribution is 0.339. The normalized spacial score (nSPS) is 12.1. The lowest BCUT2D eigenvalue weighted by Crippen LogP contribution is -2.10. The molecule has 0 aliphatic rings. The van der Waals surface area contributed by atoms with E-state index >= 15 is 0 Å². The van der Waals surface area contributed by atoms with Gasteiger partial charge in [-0.25, -0.2) is 0 Å². The van der Waals surface area contributed by atoms with Crippen molar-refractivity contribution in [3.05, 3.63) is 58.6 Å². The Labute approximate surface area is 129 Å². The maximum absolute atomic E-state index is 12.2. The van der Waals surface area contributed by atoms with Gasteiger partial charge in [-0.1, -0.05) is 30.3 Å². The van der Waals surface area contributed by atoms with Crippen molar-refractivity contribution in [1.82, 2.24) is 0 Å². The van der Waals surface area contributed by atoms with Crippen molar-refractivity contribution in [1.29, 1.82) is 0 Å². The Kier molecular flexibility index (Phi) is 5.76. The van der Waals surface area contributed by atoms with Crippen molar-refractivity contribution in [2.24, 2.45) is 5.73 Å². The van der Waals surface area contributed by atoms with Gasteiger partial charge in [0.2, 0.25) is 0 Å². The molecule has 1 atom stereocenters. The van der Waals surface area contributed by atoms with Crippen LogP contribution in [-0.4, -0.2) is 16.6 Å². The zero-order valence-electron chi connectivity index (χ0n) is 10.9. The Morgan fingerprint density at radius 2 is 1.80 bits per heavy atom. The molecule has 1 unspecified atom stereocenters. The van der Waals surface area contributed by atoms with Crippen LogP contribution in [0.25, 0.3) is 0 Å². The Morgan fingerprint density at radius 3 is 2.55 bits per heavy atom. The molecule has 0 aliphatic carbocycles. The summed E-state index contributed by atoms with van der Waals surface area (Å²) in [5.41, 5.74) is 6.60. The van der Waals surface area contributed by atoms with Gasteiger partial charge in [-0.3, -0.25) is 4.21 Å². The number of hydrogen-bond donors (Lipinski definition) is 1. The van der Waals surface area contributed by atoms with Crippen LogP contribution >= 0.6 is 15.9 Å². The van der Waals surface area contributed by atoms with Crippen molar-refractivity contribution in [3.63, 3.8) is 0 Å². The van der Waals surface area contributed by atoms with Crippen molar-refractivity contribution in [2.45, 2.75) is 11.4 Å². The van der Waals surface area contributed by atoms with Crippen LogP contribution in [-0.2, 0) is 17.3 Å². The fraction of sp³-hybridized carbons (Fsp3) is 0.200. The average molecular weight is 354 g/mol. The monoisotopic (exact) mass is 353 g/mol. The van der Waals surface area contributed by atoms with Crippen LogP contribution in [0.2, 0.25) is 0 Å². The molecule has 3 nitrogen and oxygen atoms in total. The number of benzene rings is 2. The third-order valence-corrected chi connectivity index (χ3v) is 5.14. The first kappa shape index (κ1) is 15.2. The van der Waals surface area contributed by atoms with Crippen LogP contribution in [0, 0.1) is 0 Å². The molecule has 0 amide bonds. The van der Waals surface area contributed by atoms with Gasteiger partial charge in [-0.2, -0.15) is 0 Å². The first-order valence-corrected chi connectivity index (χ1v) is 8.37. The van der Waals surface area contributed by atoms with E-state index in [0.29, 0.717) is 18.9 Å². The van der Waals surface area contributed by atoms with E-state index in [1.54, 1.807) is 0 Å². The van der Waals surface area contributed by atoms with Gasteiger partial charge in [0.25, 0.3) is 0 Å². The van der Waals surface area contributed by atoms with Gasteiger partial charge < -0.3 is 10.5 Å². The summed E-state index contributed by atoms with van der Waals surface area (Å²) < 4.78 is 18.7. The summed E-state index contributed by atoms with van der Waals surface area (Å²) in [6, 6.07) is 15.2. The quantitative estimate of drug-likeness (QED) is 0.867. The van der Waals surface area contributed by atoms with E-state index in [1.807, 2.05) is 48.5 Å². The van der Waals surface area contributed by atoms with E-state index in [9.17, 15) is 4.21 Å². The summed E-state index contributed by atoms with van der Waals surface area (Å²) in [4.78, 5) is 0.795. The van der Waals surface area contributed by atoms with Crippen LogP contribution in [0.1, 0.15) is 5.56 Å². The van der Waals surface area contributed by atoms with Crippen molar-refractivity contribution >= 4 is 26.7 Å². The Morgan fingerprint density at radius 1 is 1.10 bits per heavy atom. The van der Waals surface area contributed by atoms with Gasteiger partial charge >= 0.3 is 0 Å². The van der Waals surface area contributed by atoms with E-state index in [-0.39, 0.29) is 0 Å². The van der Waals surface area contributed by atoms with E-state index in [4.69, 9.17) is 10.5 Å². The second kappa shape index (κ2) is 7.57. The summed E-state index contributed by atoms with van der Waals surface area (Å²) in [6.07, 6.45) is 0. The molecule has 2 rings (SSSR count). The molecule has 0 aliphatic heterocycles. The van der Waals surface area contributed by atoms with Gasteiger partial charge in [0.15, 0.2) is 0 Å². The van der Waals surface area contributed by atoms with E-state index < -0.39 is 10.8 Å². The lowest BCUT2D eigenvalue weighted by atomic mass is 10.2. The summed E-state index contributed by atoms with van der Waals surface area (Å²) >= 11 is 3.41. The van der Waals surface area contributed by atoms with Crippen molar-refractivity contribution in [3.8, 4) is 5.75 Å². The molecule has 0 aromatic heterocycles. The summed E-state index contributed by atoms with van der Waals surface area (Å²) in [5, 5.41) is 0. The number of halogens is 1. The predicted octanol–water partition coefficient (Wildman–Crippen LogP) is 3.09. The summed E-state index contributed by atoms with van der Waals surface area (Å²) in [5.74, 6) is 1.21. The number of hydrogen-bond acceptors (Lipinski definition) is 3. The molecule has 2 N–H and O–H groups in total. The topological polar surface area (TPSA) is 52.3 Å². The molecule has 106 valence electrons. The van der Waals surface area contributed by atoms with Crippen LogP contribution in [0.3, 0.4) is 0 Å². The third-order valence-electron chi connectivity index (χ3n) is 2.80. The number of rotatable bonds is 6. The van der Waals surface area contributed by atoms with Crippen molar-refractivity contribution in [2.75, 3.05) is 12.4 Å². The first-order valence-electron chi connectivity index (χ1n) is 6.26. The predicted molar refractivity (Wildman–Crippen MR) is 85.2 cm³/mol. The SMILES string of the molecule is NCc1ccccc1OCCS(=O)c1ccccc1Br. The third kappa shape index (κ3) is 3.91. The van der Waals surface area contributed by atoms with Gasteiger partial charge in [0.1, 0.15) is 12.4 Å². The lowest BCUT2D eigenvalue weighted by Gasteiger charge is -2.10. The van der Waals surface area contributed by atoms with Gasteiger partial charge in [-0.05, 0) is 34.1 Å². The molecule has 0 bridgehead atoms. The summed E-state index contributed by atoms with van der Waals surface area (Å²) in [6.45, 7) is 0.828. The molecular weight excluding hydrogens is 338 g/mol. The fourth-order valence-electron chi connectivity index (χ4n) is 1.78. The Hall–Kier alpha value is -1.17. The van der Waals surface area contributed by atoms with Gasteiger partial charge in [-0.15, -0.1) is 0 Å². The smallest absolute Gasteiger partial charge is 0.123 e. The highest BCUT2D eigenvalue weighted by Gasteiger charge is 2.08. The number of para-hydroxylation sites is 1. The molecule has 0 saturated heterocycles. The Bertz CT molecular complexity index is 604. The van der Waals surface area contributed by atoms with Crippen LogP contribution in [0.5, 0.6) is 5.75 Å². The van der Waals surface area contributed by atoms with Gasteiger partial charge in [0.05, 0.1) is 21.4 Å². The minimum absolute atomic E-state index is 0.394. The number of nitrogens with two attached hydrogens (primary N) is 1. The molecule has 5 heteroatoms. The standard InChI is InChI=1S/C15H16BrNO2S/c16-13-6-2-4-8-15(13)20(18)10-9-19-14-7-3-1-5-12(14)11-17/h1-8H,9-11,17H2. The molecule has 0 heterocycles. The maximum Gasteiger partial charge on any atom is 0.123 e. The number of ether oxygens (including phenoxy) is 1. The molecule has 0 radical (unpaired) electrons. The minimum atomic E-state index is -1.08. The second-order valence-corrected chi connectivity index (χ2v) is 6.53. The molecule has 0 spiro atoms.